The Labute approximate surface area is 478 Å². The minimum absolute atomic E-state index is 0.0409. The number of carbonyl (C=O) groups excluding carboxylic acids is 1. The summed E-state index contributed by atoms with van der Waals surface area (Å²) in [6, 6.07) is 8.63. The molecule has 0 spiro atoms. The Balaban J connectivity index is 1.34. The third-order valence-corrected chi connectivity index (χ3v) is 16.5. The lowest BCUT2D eigenvalue weighted by atomic mass is 9.80. The topological polar surface area (TPSA) is 368 Å². The lowest BCUT2D eigenvalue weighted by Crippen LogP contribution is -2.67. The number of benzene rings is 1. The van der Waals surface area contributed by atoms with Crippen molar-refractivity contribution in [2.75, 3.05) is 136 Å². The van der Waals surface area contributed by atoms with Gasteiger partial charge in [0.2, 0.25) is 0 Å². The van der Waals surface area contributed by atoms with Gasteiger partial charge in [0.25, 0.3) is 5.91 Å². The number of rotatable bonds is 33. The molecule has 1 aromatic rings. The number of aliphatic hydroxyl groups is 9. The molecule has 11 unspecified atom stereocenters. The van der Waals surface area contributed by atoms with Gasteiger partial charge < -0.3 is 132 Å². The second kappa shape index (κ2) is 34.7. The van der Waals surface area contributed by atoms with E-state index < -0.39 is 204 Å². The fourth-order valence-electron chi connectivity index (χ4n) is 12.3. The molecule has 10 N–H and O–H groups in total. The summed E-state index contributed by atoms with van der Waals surface area (Å²) in [4.78, 5) is 13.6. The molecule has 5 aliphatic heterocycles. The largest absolute Gasteiger partial charge is 0.484 e. The van der Waals surface area contributed by atoms with Crippen LogP contribution in [0.5, 0.6) is 5.75 Å². The third-order valence-electron chi connectivity index (χ3n) is 16.5. The van der Waals surface area contributed by atoms with Gasteiger partial charge in [-0.1, -0.05) is 18.2 Å². The van der Waals surface area contributed by atoms with Gasteiger partial charge in [0.15, 0.2) is 38.0 Å². The zero-order valence-electron chi connectivity index (χ0n) is 47.8. The van der Waals surface area contributed by atoms with Gasteiger partial charge in [0.05, 0.1) is 88.5 Å². The van der Waals surface area contributed by atoms with Crippen LogP contribution >= 0.6 is 0 Å². The molecule has 1 aromatic carbocycles. The number of ether oxygens (including phenoxy) is 17. The number of carbonyl (C=O) groups is 1. The molecule has 0 aliphatic carbocycles. The Morgan fingerprint density at radius 3 is 1.11 bits per heavy atom. The third kappa shape index (κ3) is 16.2. The summed E-state index contributed by atoms with van der Waals surface area (Å²) in [5.41, 5.74) is 0. The smallest absolute Gasteiger partial charge is 0.259 e. The Morgan fingerprint density at radius 1 is 0.415 bits per heavy atom. The maximum absolute atomic E-state index is 13.6. The van der Waals surface area contributed by atoms with Gasteiger partial charge in [0, 0.05) is 131 Å². The van der Waals surface area contributed by atoms with Crippen LogP contribution in [0.15, 0.2) is 30.3 Å². The second-order valence-corrected chi connectivity index (χ2v) is 21.0. The van der Waals surface area contributed by atoms with E-state index in [1.807, 2.05) is 0 Å². The van der Waals surface area contributed by atoms with E-state index in [4.69, 9.17) is 80.5 Å². The number of para-hydroxylation sites is 1. The molecule has 0 aromatic heterocycles. The number of hydrogen-bond donors (Lipinski definition) is 10. The molecule has 0 saturated carbocycles. The molecule has 0 bridgehead atoms. The summed E-state index contributed by atoms with van der Waals surface area (Å²) >= 11 is 0. The monoisotopic (exact) mass is 1190 g/mol. The molecule has 28 heteroatoms. The molecule has 5 saturated heterocycles. The summed E-state index contributed by atoms with van der Waals surface area (Å²) in [5, 5.41) is 99.0. The first-order valence-corrected chi connectivity index (χ1v) is 27.8. The van der Waals surface area contributed by atoms with E-state index in [1.54, 1.807) is 30.3 Å². The van der Waals surface area contributed by atoms with Gasteiger partial charge in [-0.25, -0.2) is 0 Å². The van der Waals surface area contributed by atoms with Crippen LogP contribution in [0.1, 0.15) is 12.8 Å². The molecule has 5 heterocycles. The molecule has 0 radical (unpaired) electrons. The normalized spacial score (nSPS) is 39.9. The summed E-state index contributed by atoms with van der Waals surface area (Å²) in [6.45, 7) is -4.88. The van der Waals surface area contributed by atoms with E-state index in [-0.39, 0.29) is 52.5 Å². The summed E-state index contributed by atoms with van der Waals surface area (Å²) in [7, 11) is 9.82. The Bertz CT molecular complexity index is 1920. The second-order valence-electron chi connectivity index (χ2n) is 21.0. The maximum Gasteiger partial charge on any atom is 0.259 e. The van der Waals surface area contributed by atoms with E-state index in [0.717, 1.165) is 0 Å². The maximum atomic E-state index is 13.6. The first-order valence-electron chi connectivity index (χ1n) is 27.8. The fraction of sp³-hybridized carbons (Fsp3) is 0.870. The molecular weight excluding hydrogens is 1090 g/mol. The van der Waals surface area contributed by atoms with Crippen molar-refractivity contribution >= 4 is 5.91 Å². The average molecular weight is 1190 g/mol. The van der Waals surface area contributed by atoms with Crippen molar-refractivity contribution in [2.45, 2.75) is 124 Å². The van der Waals surface area contributed by atoms with Gasteiger partial charge >= 0.3 is 0 Å². The predicted molar refractivity (Wildman–Crippen MR) is 279 cm³/mol. The van der Waals surface area contributed by atoms with Crippen LogP contribution in [-0.2, 0) is 80.6 Å². The summed E-state index contributed by atoms with van der Waals surface area (Å²) in [5.74, 6) is -6.01. The van der Waals surface area contributed by atoms with Gasteiger partial charge in [0.1, 0.15) is 36.3 Å². The molecule has 6 rings (SSSR count). The van der Waals surface area contributed by atoms with Crippen molar-refractivity contribution in [1.29, 1.82) is 0 Å². The van der Waals surface area contributed by atoms with Gasteiger partial charge in [-0.15, -0.1) is 0 Å². The van der Waals surface area contributed by atoms with Crippen LogP contribution in [0, 0.1) is 41.4 Å². The standard InChI is InChI=1S/C54H91NO27/c1-66-24-38-33(21-62)42(79-51-46(69-4)32(20-61)30(18-59)37(75-51)14-16-57)47(70-5)52(76-38)80-43-34(22-63)39(25-67-2)77-53(48(43)71-6)81-44-35(23-64)40(26-68-3)78-54(49(44)72-7)82-45-31(19-60)29(17-58)36(13-15-56)74-50(45)55-41(65)27-73-28-11-9-8-10-12-28/h8-12,29-40,42-54,56-64H,13-27H2,1-7H3,(H,55,65)/t29-,30-,31+,32+,33+,34+,35+,36?,37?,38?,39?,40?,42+,43+,44+,45?,46?,47?,48?,49?,50?,51+,52+,53+,54+/m1/s1. The molecule has 474 valence electrons. The van der Waals surface area contributed by atoms with Gasteiger partial charge in [-0.3, -0.25) is 4.79 Å². The number of nitrogens with one attached hydrogen (secondary N) is 1. The van der Waals surface area contributed by atoms with Crippen LogP contribution in [0.2, 0.25) is 0 Å². The molecule has 5 aliphatic rings. The lowest BCUT2D eigenvalue weighted by molar-refractivity contribution is -0.391. The van der Waals surface area contributed by atoms with Crippen LogP contribution in [0.4, 0.5) is 0 Å². The van der Waals surface area contributed by atoms with Gasteiger partial charge in [-0.05, 0) is 25.0 Å². The van der Waals surface area contributed by atoms with Crippen LogP contribution in [0.25, 0.3) is 0 Å². The van der Waals surface area contributed by atoms with Crippen molar-refractivity contribution < 1.29 is 131 Å². The predicted octanol–water partition coefficient (Wildman–Crippen LogP) is -3.63. The average Bonchev–Trinajstić information content (AvgIpc) is 2.73. The SMILES string of the molecule is COCC1O[C@@H](O[C@@H]2C(OC)[C@H](O[C@@H]3C(OC)[C@H](OC4C(NC(=O)COc5ccccc5)OC(CCO)[C@H](CO)[C@@H]4CO)OC(COC)[C@@H]3CO)OC(COC)[C@@H]2CO)C(OC)[C@@H](O[C@@H]2OC(CCO)[C@H](CO)[C@H](CO)C2OC)[C@H]1CO. The van der Waals surface area contributed by atoms with Crippen molar-refractivity contribution in [3.8, 4) is 5.75 Å². The minimum atomic E-state index is -1.45. The molecule has 5 fully saturated rings. The van der Waals surface area contributed by atoms with Crippen LogP contribution in [-0.4, -0.2) is 298 Å². The zero-order chi connectivity index (χ0) is 59.5. The quantitative estimate of drug-likeness (QED) is 0.0325. The lowest BCUT2D eigenvalue weighted by Gasteiger charge is -2.53. The first-order chi connectivity index (χ1) is 39.9. The van der Waals surface area contributed by atoms with E-state index in [0.29, 0.717) is 5.75 Å². The highest BCUT2D eigenvalue weighted by Crippen LogP contribution is 2.43. The van der Waals surface area contributed by atoms with Gasteiger partial charge in [-0.2, -0.15) is 0 Å². The molecule has 1 amide bonds. The highest BCUT2D eigenvalue weighted by atomic mass is 16.8. The number of amides is 1. The van der Waals surface area contributed by atoms with E-state index in [2.05, 4.69) is 5.32 Å². The van der Waals surface area contributed by atoms with Crippen molar-refractivity contribution in [2.24, 2.45) is 41.4 Å². The Hall–Kier alpha value is -2.51. The Morgan fingerprint density at radius 2 is 0.756 bits per heavy atom. The molecule has 25 atom stereocenters. The number of aliphatic hydroxyl groups excluding tert-OH is 9. The van der Waals surface area contributed by atoms with Crippen molar-refractivity contribution in [3.63, 3.8) is 0 Å². The van der Waals surface area contributed by atoms with Crippen molar-refractivity contribution in [3.05, 3.63) is 30.3 Å². The van der Waals surface area contributed by atoms with Crippen LogP contribution in [0.3, 0.4) is 0 Å². The molecular formula is C54H91NO27. The first kappa shape index (κ1) is 68.6. The minimum Gasteiger partial charge on any atom is -0.484 e. The van der Waals surface area contributed by atoms with Crippen molar-refractivity contribution in [1.82, 2.24) is 5.32 Å². The van der Waals surface area contributed by atoms with E-state index in [1.165, 1.54) is 49.8 Å². The Kier molecular flexibility index (Phi) is 29.1. The number of hydrogen-bond acceptors (Lipinski definition) is 27. The van der Waals surface area contributed by atoms with E-state index in [9.17, 15) is 50.8 Å². The summed E-state index contributed by atoms with van der Waals surface area (Å²) in [6.07, 6.45) is -20.7. The fourth-order valence-corrected chi connectivity index (χ4v) is 12.3. The summed E-state index contributed by atoms with van der Waals surface area (Å²) < 4.78 is 107. The highest BCUT2D eigenvalue weighted by molar-refractivity contribution is 5.77. The molecule has 28 nitrogen and oxygen atoms in total. The zero-order valence-corrected chi connectivity index (χ0v) is 47.8. The van der Waals surface area contributed by atoms with Crippen LogP contribution < -0.4 is 10.1 Å². The number of methoxy groups -OCH3 is 7. The van der Waals surface area contributed by atoms with E-state index >= 15 is 0 Å². The molecule has 82 heavy (non-hydrogen) atoms. The highest BCUT2D eigenvalue weighted by Gasteiger charge is 2.58.